The second-order valence-corrected chi connectivity index (χ2v) is 3.84. The summed E-state index contributed by atoms with van der Waals surface area (Å²) >= 11 is 0. The molecule has 0 saturated heterocycles. The van der Waals surface area contributed by atoms with Crippen LogP contribution in [0.25, 0.3) is 0 Å². The van der Waals surface area contributed by atoms with Crippen LogP contribution in [-0.2, 0) is 0 Å². The van der Waals surface area contributed by atoms with Gasteiger partial charge in [-0.15, -0.1) is 0 Å². The van der Waals surface area contributed by atoms with Gasteiger partial charge >= 0.3 is 12.2 Å². The van der Waals surface area contributed by atoms with Crippen molar-refractivity contribution in [1.82, 2.24) is 9.97 Å². The van der Waals surface area contributed by atoms with E-state index in [9.17, 15) is 9.18 Å². The monoisotopic (exact) mass is 305 g/mol. The summed E-state index contributed by atoms with van der Waals surface area (Å²) in [7, 11) is 1.52. The smallest absolute Gasteiger partial charge is 0.497 e. The number of benzene rings is 1. The van der Waals surface area contributed by atoms with E-state index in [1.165, 1.54) is 25.5 Å². The molecule has 0 aliphatic heterocycles. The minimum absolute atomic E-state index is 0.232. The lowest BCUT2D eigenvalue weighted by atomic mass is 10.3. The predicted molar refractivity (Wildman–Crippen MR) is 75.5 cm³/mol. The SMILES string of the molecule is C/C=N/c1nc(OC(=O)Oc2ccc(OC)cc2)ncc1F. The molecule has 0 radical (unpaired) electrons. The predicted octanol–water partition coefficient (Wildman–Crippen LogP) is 2.92. The molecule has 0 atom stereocenters. The van der Waals surface area contributed by atoms with Gasteiger partial charge in [0.15, 0.2) is 11.6 Å². The first-order valence-electron chi connectivity index (χ1n) is 6.17. The summed E-state index contributed by atoms with van der Waals surface area (Å²) in [5.74, 6) is -0.0944. The van der Waals surface area contributed by atoms with Gasteiger partial charge < -0.3 is 14.2 Å². The maximum Gasteiger partial charge on any atom is 0.521 e. The lowest BCUT2D eigenvalue weighted by molar-refractivity contribution is 0.147. The zero-order chi connectivity index (χ0) is 15.9. The summed E-state index contributed by atoms with van der Waals surface area (Å²) < 4.78 is 27.9. The van der Waals surface area contributed by atoms with Crippen molar-refractivity contribution in [2.45, 2.75) is 6.92 Å². The third-order valence-electron chi connectivity index (χ3n) is 2.39. The average molecular weight is 305 g/mol. The average Bonchev–Trinajstić information content (AvgIpc) is 2.51. The Morgan fingerprint density at radius 1 is 1.23 bits per heavy atom. The Morgan fingerprint density at radius 2 is 1.91 bits per heavy atom. The van der Waals surface area contributed by atoms with Crippen LogP contribution in [0.3, 0.4) is 0 Å². The number of halogens is 1. The molecular formula is C14H12FN3O4. The van der Waals surface area contributed by atoms with Crippen LogP contribution in [0.15, 0.2) is 35.5 Å². The van der Waals surface area contributed by atoms with Crippen LogP contribution >= 0.6 is 0 Å². The molecule has 0 aliphatic carbocycles. The quantitative estimate of drug-likeness (QED) is 0.490. The fraction of sp³-hybridized carbons (Fsp3) is 0.143. The van der Waals surface area contributed by atoms with Gasteiger partial charge in [-0.05, 0) is 31.2 Å². The van der Waals surface area contributed by atoms with Crippen molar-refractivity contribution in [3.05, 3.63) is 36.3 Å². The molecule has 1 aromatic carbocycles. The summed E-state index contributed by atoms with van der Waals surface area (Å²) in [4.78, 5) is 22.5. The van der Waals surface area contributed by atoms with Crippen molar-refractivity contribution in [2.24, 2.45) is 4.99 Å². The Bertz CT molecular complexity index is 689. The van der Waals surface area contributed by atoms with E-state index in [0.29, 0.717) is 5.75 Å². The minimum Gasteiger partial charge on any atom is -0.497 e. The summed E-state index contributed by atoms with van der Waals surface area (Å²) in [5.41, 5.74) is 0. The molecule has 0 saturated carbocycles. The molecular weight excluding hydrogens is 293 g/mol. The van der Waals surface area contributed by atoms with Crippen LogP contribution in [0.4, 0.5) is 15.0 Å². The van der Waals surface area contributed by atoms with Gasteiger partial charge in [-0.3, -0.25) is 0 Å². The third kappa shape index (κ3) is 3.98. The summed E-state index contributed by atoms with van der Waals surface area (Å²) in [6, 6.07) is 5.92. The number of aliphatic imine (C=N–C) groups is 1. The lowest BCUT2D eigenvalue weighted by Gasteiger charge is -2.05. The van der Waals surface area contributed by atoms with Crippen molar-refractivity contribution in [2.75, 3.05) is 7.11 Å². The van der Waals surface area contributed by atoms with Crippen LogP contribution < -0.4 is 14.2 Å². The molecule has 7 nitrogen and oxygen atoms in total. The van der Waals surface area contributed by atoms with Crippen molar-refractivity contribution >= 4 is 18.2 Å². The van der Waals surface area contributed by atoms with Crippen molar-refractivity contribution in [3.8, 4) is 17.5 Å². The van der Waals surface area contributed by atoms with Gasteiger partial charge in [-0.2, -0.15) is 4.98 Å². The number of aromatic nitrogens is 2. The standard InChI is InChI=1S/C14H12FN3O4/c1-3-16-12-11(15)8-17-13(18-12)22-14(19)21-10-6-4-9(20-2)5-7-10/h3-8H,1-2H3/b16-3+. The van der Waals surface area contributed by atoms with E-state index < -0.39 is 12.0 Å². The van der Waals surface area contributed by atoms with Crippen LogP contribution in [0.1, 0.15) is 6.92 Å². The summed E-state index contributed by atoms with van der Waals surface area (Å²) in [6.45, 7) is 1.60. The summed E-state index contributed by atoms with van der Waals surface area (Å²) in [5, 5.41) is 0. The number of methoxy groups -OCH3 is 1. The molecule has 0 amide bonds. The second-order valence-electron chi connectivity index (χ2n) is 3.84. The molecule has 2 rings (SSSR count). The maximum atomic E-state index is 13.3. The first-order valence-corrected chi connectivity index (χ1v) is 6.17. The summed E-state index contributed by atoms with van der Waals surface area (Å²) in [6.07, 6.45) is 1.15. The molecule has 2 aromatic rings. The number of hydrogen-bond donors (Lipinski definition) is 0. The largest absolute Gasteiger partial charge is 0.521 e. The Hall–Kier alpha value is -3.03. The highest BCUT2D eigenvalue weighted by atomic mass is 19.1. The molecule has 114 valence electrons. The highest BCUT2D eigenvalue weighted by molar-refractivity contribution is 5.66. The molecule has 1 aromatic heterocycles. The van der Waals surface area contributed by atoms with Gasteiger partial charge in [-0.1, -0.05) is 0 Å². The number of rotatable bonds is 4. The van der Waals surface area contributed by atoms with E-state index in [-0.39, 0.29) is 17.6 Å². The number of ether oxygens (including phenoxy) is 3. The maximum absolute atomic E-state index is 13.3. The number of carbonyl (C=O) groups excluding carboxylic acids is 1. The van der Waals surface area contributed by atoms with Crippen LogP contribution in [0, 0.1) is 5.82 Å². The molecule has 1 heterocycles. The Labute approximate surface area is 125 Å². The van der Waals surface area contributed by atoms with E-state index in [0.717, 1.165) is 6.20 Å². The molecule has 0 unspecified atom stereocenters. The van der Waals surface area contributed by atoms with E-state index in [1.807, 2.05) is 0 Å². The first kappa shape index (κ1) is 15.4. The van der Waals surface area contributed by atoms with Gasteiger partial charge in [-0.25, -0.2) is 19.2 Å². The van der Waals surface area contributed by atoms with Gasteiger partial charge in [0.25, 0.3) is 0 Å². The normalized spacial score (nSPS) is 10.5. The Kier molecular flexibility index (Phi) is 4.97. The van der Waals surface area contributed by atoms with E-state index in [1.54, 1.807) is 19.1 Å². The van der Waals surface area contributed by atoms with E-state index in [2.05, 4.69) is 15.0 Å². The number of carbonyl (C=O) groups is 1. The molecule has 0 aliphatic rings. The molecule has 8 heteroatoms. The zero-order valence-corrected chi connectivity index (χ0v) is 11.8. The van der Waals surface area contributed by atoms with Crippen LogP contribution in [0.2, 0.25) is 0 Å². The van der Waals surface area contributed by atoms with Gasteiger partial charge in [0.05, 0.1) is 13.3 Å². The fourth-order valence-corrected chi connectivity index (χ4v) is 1.44. The van der Waals surface area contributed by atoms with Crippen LogP contribution in [0.5, 0.6) is 17.5 Å². The zero-order valence-electron chi connectivity index (χ0n) is 11.8. The highest BCUT2D eigenvalue weighted by Gasteiger charge is 2.13. The first-order chi connectivity index (χ1) is 10.6. The Morgan fingerprint density at radius 3 is 2.55 bits per heavy atom. The van der Waals surface area contributed by atoms with Crippen molar-refractivity contribution < 1.29 is 23.4 Å². The number of hydrogen-bond acceptors (Lipinski definition) is 7. The fourth-order valence-electron chi connectivity index (χ4n) is 1.44. The van der Waals surface area contributed by atoms with Crippen molar-refractivity contribution in [1.29, 1.82) is 0 Å². The van der Waals surface area contributed by atoms with Crippen LogP contribution in [-0.4, -0.2) is 29.4 Å². The second kappa shape index (κ2) is 7.11. The van der Waals surface area contributed by atoms with E-state index >= 15 is 0 Å². The number of nitrogens with zero attached hydrogens (tertiary/aromatic N) is 3. The third-order valence-corrected chi connectivity index (χ3v) is 2.39. The highest BCUT2D eigenvalue weighted by Crippen LogP contribution is 2.19. The topological polar surface area (TPSA) is 82.9 Å². The molecule has 0 spiro atoms. The van der Waals surface area contributed by atoms with Gasteiger partial charge in [0.1, 0.15) is 11.5 Å². The van der Waals surface area contributed by atoms with Gasteiger partial charge in [0.2, 0.25) is 0 Å². The van der Waals surface area contributed by atoms with Gasteiger partial charge in [0, 0.05) is 6.21 Å². The van der Waals surface area contributed by atoms with E-state index in [4.69, 9.17) is 14.2 Å². The molecule has 22 heavy (non-hydrogen) atoms. The molecule has 0 fully saturated rings. The molecule has 0 bridgehead atoms. The molecule has 0 N–H and O–H groups in total. The Balaban J connectivity index is 2.03. The van der Waals surface area contributed by atoms with Crippen molar-refractivity contribution in [3.63, 3.8) is 0 Å². The minimum atomic E-state index is -1.05. The lowest BCUT2D eigenvalue weighted by Crippen LogP contribution is -2.15.